The van der Waals surface area contributed by atoms with E-state index in [9.17, 15) is 9.18 Å². The summed E-state index contributed by atoms with van der Waals surface area (Å²) in [5, 5.41) is 1.88. The maximum Gasteiger partial charge on any atom is 0.525 e. The molecule has 2 fully saturated rings. The van der Waals surface area contributed by atoms with Crippen LogP contribution in [0.15, 0.2) is 17.2 Å². The van der Waals surface area contributed by atoms with E-state index in [1.54, 1.807) is 4.90 Å². The van der Waals surface area contributed by atoms with Gasteiger partial charge >= 0.3 is 7.12 Å². The Balaban J connectivity index is 1.63. The SMILES string of the molecule is CC1(C)OB(C(F)=Cc2cc(C#CCN3CCCC3=O)cs2)OC1(C)C. The van der Waals surface area contributed by atoms with Crippen LogP contribution in [0.5, 0.6) is 0 Å². The Morgan fingerprint density at radius 1 is 1.38 bits per heavy atom. The predicted molar refractivity (Wildman–Crippen MR) is 102 cm³/mol. The Bertz CT molecular complexity index is 774. The highest BCUT2D eigenvalue weighted by molar-refractivity contribution is 7.11. The molecule has 7 heteroatoms. The molecule has 1 aromatic rings. The van der Waals surface area contributed by atoms with Crippen LogP contribution < -0.4 is 0 Å². The number of halogens is 1. The van der Waals surface area contributed by atoms with Gasteiger partial charge in [0, 0.05) is 28.8 Å². The van der Waals surface area contributed by atoms with Crippen molar-refractivity contribution in [2.75, 3.05) is 13.1 Å². The summed E-state index contributed by atoms with van der Waals surface area (Å²) in [4.78, 5) is 14.1. The van der Waals surface area contributed by atoms with Gasteiger partial charge in [-0.2, -0.15) is 0 Å². The van der Waals surface area contributed by atoms with Crippen molar-refractivity contribution < 1.29 is 18.5 Å². The van der Waals surface area contributed by atoms with Crippen LogP contribution >= 0.6 is 11.3 Å². The smallest absolute Gasteiger partial charge is 0.398 e. The molecule has 2 saturated heterocycles. The molecule has 2 aliphatic rings. The number of carbonyl (C=O) groups is 1. The maximum absolute atomic E-state index is 14.5. The van der Waals surface area contributed by atoms with E-state index in [2.05, 4.69) is 11.8 Å². The molecule has 0 saturated carbocycles. The van der Waals surface area contributed by atoms with Gasteiger partial charge < -0.3 is 14.2 Å². The second-order valence-corrected chi connectivity index (χ2v) is 8.52. The van der Waals surface area contributed by atoms with E-state index in [0.29, 0.717) is 13.0 Å². The third-order valence-electron chi connectivity index (χ3n) is 5.05. The summed E-state index contributed by atoms with van der Waals surface area (Å²) < 4.78 is 25.9. The van der Waals surface area contributed by atoms with Gasteiger partial charge in [-0.25, -0.2) is 4.39 Å². The molecule has 0 aliphatic carbocycles. The molecule has 0 spiro atoms. The molecule has 3 rings (SSSR count). The molecule has 1 aromatic heterocycles. The van der Waals surface area contributed by atoms with Crippen LogP contribution in [-0.2, 0) is 14.1 Å². The summed E-state index contributed by atoms with van der Waals surface area (Å²) >= 11 is 1.41. The predicted octanol–water partition coefficient (Wildman–Crippen LogP) is 3.66. The molecule has 3 heterocycles. The zero-order valence-electron chi connectivity index (χ0n) is 15.6. The lowest BCUT2D eigenvalue weighted by Crippen LogP contribution is -2.41. The first-order valence-corrected chi connectivity index (χ1v) is 9.64. The highest BCUT2D eigenvalue weighted by Gasteiger charge is 2.53. The second-order valence-electron chi connectivity index (χ2n) is 7.58. The van der Waals surface area contributed by atoms with Crippen LogP contribution in [0.3, 0.4) is 0 Å². The van der Waals surface area contributed by atoms with Crippen molar-refractivity contribution in [2.24, 2.45) is 0 Å². The number of amides is 1. The fourth-order valence-corrected chi connectivity index (χ4v) is 3.53. The molecule has 2 aliphatic heterocycles. The molecular weight excluding hydrogens is 352 g/mol. The number of thiophene rings is 1. The average molecular weight is 375 g/mol. The summed E-state index contributed by atoms with van der Waals surface area (Å²) in [5.74, 6) is 6.21. The lowest BCUT2D eigenvalue weighted by Gasteiger charge is -2.32. The number of hydrogen-bond acceptors (Lipinski definition) is 4. The summed E-state index contributed by atoms with van der Waals surface area (Å²) in [5.41, 5.74) is -0.772. The number of hydrogen-bond donors (Lipinski definition) is 0. The van der Waals surface area contributed by atoms with Crippen LogP contribution in [0.2, 0.25) is 0 Å². The third-order valence-corrected chi connectivity index (χ3v) is 5.93. The normalized spacial score (nSPS) is 21.9. The summed E-state index contributed by atoms with van der Waals surface area (Å²) in [6, 6.07) is 1.83. The molecule has 4 nitrogen and oxygen atoms in total. The van der Waals surface area contributed by atoms with Gasteiger partial charge in [-0.15, -0.1) is 11.3 Å². The van der Waals surface area contributed by atoms with E-state index < -0.39 is 24.0 Å². The van der Waals surface area contributed by atoms with Crippen LogP contribution in [0.25, 0.3) is 6.08 Å². The van der Waals surface area contributed by atoms with Gasteiger partial charge in [0.2, 0.25) is 5.91 Å². The Morgan fingerprint density at radius 3 is 2.69 bits per heavy atom. The first kappa shape index (κ1) is 19.2. The van der Waals surface area contributed by atoms with E-state index >= 15 is 0 Å². The van der Waals surface area contributed by atoms with E-state index in [-0.39, 0.29) is 5.91 Å². The maximum atomic E-state index is 14.5. The molecule has 1 amide bonds. The van der Waals surface area contributed by atoms with E-state index in [1.165, 1.54) is 17.4 Å². The lowest BCUT2D eigenvalue weighted by atomic mass is 9.87. The van der Waals surface area contributed by atoms with Crippen LogP contribution in [0.1, 0.15) is 51.0 Å². The fraction of sp³-hybridized carbons (Fsp3) is 0.526. The van der Waals surface area contributed by atoms with Gasteiger partial charge in [-0.05, 0) is 46.3 Å². The Kier molecular flexibility index (Phi) is 5.29. The van der Waals surface area contributed by atoms with Gasteiger partial charge in [0.05, 0.1) is 17.7 Å². The summed E-state index contributed by atoms with van der Waals surface area (Å²) in [6.07, 6.45) is 2.96. The summed E-state index contributed by atoms with van der Waals surface area (Å²) in [6.45, 7) is 8.80. The molecule has 0 radical (unpaired) electrons. The van der Waals surface area contributed by atoms with Gasteiger partial charge in [-0.1, -0.05) is 11.8 Å². The minimum absolute atomic E-state index is 0.165. The number of rotatable bonds is 3. The first-order valence-electron chi connectivity index (χ1n) is 8.76. The highest BCUT2D eigenvalue weighted by atomic mass is 32.1. The standard InChI is InChI=1S/C19H23BFNO3S/c1-18(2)19(3,4)25-20(24-18)16(21)12-15-11-14(13-26-15)7-5-9-22-10-6-8-17(22)23/h11-13H,6,8-10H2,1-4H3. The van der Waals surface area contributed by atoms with Crippen molar-refractivity contribution in [1.82, 2.24) is 4.90 Å². The minimum Gasteiger partial charge on any atom is -0.398 e. The fourth-order valence-electron chi connectivity index (χ4n) is 2.76. The molecule has 0 bridgehead atoms. The molecule has 0 unspecified atom stereocenters. The van der Waals surface area contributed by atoms with Crippen molar-refractivity contribution in [2.45, 2.75) is 51.7 Å². The van der Waals surface area contributed by atoms with Crippen LogP contribution in [0.4, 0.5) is 4.39 Å². The van der Waals surface area contributed by atoms with E-state index in [0.717, 1.165) is 23.4 Å². The number of carbonyl (C=O) groups excluding carboxylic acids is 1. The van der Waals surface area contributed by atoms with Crippen molar-refractivity contribution in [3.63, 3.8) is 0 Å². The van der Waals surface area contributed by atoms with Crippen LogP contribution in [-0.4, -0.2) is 42.2 Å². The molecular formula is C19H23BFNO3S. The average Bonchev–Trinajstić information content (AvgIpc) is 3.20. The topological polar surface area (TPSA) is 38.8 Å². The largest absolute Gasteiger partial charge is 0.525 e. The first-order chi connectivity index (χ1) is 12.2. The highest BCUT2D eigenvalue weighted by Crippen LogP contribution is 2.39. The van der Waals surface area contributed by atoms with Crippen LogP contribution in [0, 0.1) is 11.8 Å². The van der Waals surface area contributed by atoms with Gasteiger partial charge in [-0.3, -0.25) is 4.79 Å². The third kappa shape index (κ3) is 4.03. The molecule has 0 aromatic carbocycles. The molecule has 0 N–H and O–H groups in total. The van der Waals surface area contributed by atoms with Gasteiger partial charge in [0.15, 0.2) is 0 Å². The van der Waals surface area contributed by atoms with E-state index in [4.69, 9.17) is 9.31 Å². The lowest BCUT2D eigenvalue weighted by molar-refractivity contribution is -0.127. The summed E-state index contributed by atoms with van der Waals surface area (Å²) in [7, 11) is -0.988. The zero-order chi connectivity index (χ0) is 18.9. The Labute approximate surface area is 158 Å². The molecule has 26 heavy (non-hydrogen) atoms. The van der Waals surface area contributed by atoms with Crippen molar-refractivity contribution in [3.05, 3.63) is 27.6 Å². The van der Waals surface area contributed by atoms with Gasteiger partial charge in [0.25, 0.3) is 0 Å². The number of likely N-dealkylation sites (tertiary alicyclic amines) is 1. The zero-order valence-corrected chi connectivity index (χ0v) is 16.4. The Morgan fingerprint density at radius 2 is 2.08 bits per heavy atom. The monoisotopic (exact) mass is 375 g/mol. The number of nitrogens with zero attached hydrogens (tertiary/aromatic N) is 1. The molecule has 138 valence electrons. The van der Waals surface area contributed by atoms with Gasteiger partial charge in [0.1, 0.15) is 5.73 Å². The van der Waals surface area contributed by atoms with Crippen molar-refractivity contribution in [3.8, 4) is 11.8 Å². The quantitative estimate of drug-likeness (QED) is 0.598. The minimum atomic E-state index is -0.988. The molecule has 0 atom stereocenters. The van der Waals surface area contributed by atoms with Crippen molar-refractivity contribution in [1.29, 1.82) is 0 Å². The second kappa shape index (κ2) is 7.18. The Hall–Kier alpha value is -1.62. The van der Waals surface area contributed by atoms with E-state index in [1.807, 2.05) is 39.1 Å². The van der Waals surface area contributed by atoms with Crippen molar-refractivity contribution >= 4 is 30.4 Å².